The summed E-state index contributed by atoms with van der Waals surface area (Å²) >= 11 is 0. The summed E-state index contributed by atoms with van der Waals surface area (Å²) in [4.78, 5) is 0. The first-order valence-electron chi connectivity index (χ1n) is 7.07. The summed E-state index contributed by atoms with van der Waals surface area (Å²) in [5.41, 5.74) is 0.170. The third kappa shape index (κ3) is 3.46. The lowest BCUT2D eigenvalue weighted by Crippen LogP contribution is -2.56. The largest absolute Gasteiger partial charge is 0.377 e. The van der Waals surface area contributed by atoms with Gasteiger partial charge in [-0.2, -0.15) is 0 Å². The van der Waals surface area contributed by atoms with Gasteiger partial charge in [0.2, 0.25) is 0 Å². The molecule has 96 valence electrons. The summed E-state index contributed by atoms with van der Waals surface area (Å²) in [5.74, 6) is 0. The molecule has 1 N–H and O–H groups in total. The van der Waals surface area contributed by atoms with Crippen LogP contribution in [0.5, 0.6) is 0 Å². The molecule has 0 radical (unpaired) electrons. The van der Waals surface area contributed by atoms with Gasteiger partial charge in [0, 0.05) is 13.2 Å². The molecule has 1 rings (SSSR count). The van der Waals surface area contributed by atoms with Crippen molar-refractivity contribution in [2.24, 2.45) is 0 Å². The van der Waals surface area contributed by atoms with Crippen molar-refractivity contribution >= 4 is 0 Å². The van der Waals surface area contributed by atoms with Gasteiger partial charge >= 0.3 is 0 Å². The van der Waals surface area contributed by atoms with Crippen LogP contribution in [0.1, 0.15) is 65.2 Å². The maximum atomic E-state index is 5.80. The van der Waals surface area contributed by atoms with Crippen molar-refractivity contribution < 1.29 is 4.74 Å². The molecule has 2 nitrogen and oxygen atoms in total. The van der Waals surface area contributed by atoms with Crippen molar-refractivity contribution in [1.29, 1.82) is 0 Å². The lowest BCUT2D eigenvalue weighted by molar-refractivity contribution is -0.100. The second-order valence-corrected chi connectivity index (χ2v) is 5.12. The lowest BCUT2D eigenvalue weighted by atomic mass is 9.73. The van der Waals surface area contributed by atoms with Gasteiger partial charge in [-0.05, 0) is 38.6 Å². The molecule has 1 saturated carbocycles. The highest BCUT2D eigenvalue weighted by Gasteiger charge is 2.43. The zero-order valence-electron chi connectivity index (χ0n) is 11.3. The Hall–Kier alpha value is -0.0800. The minimum absolute atomic E-state index is 0.170. The normalized spacial score (nSPS) is 20.4. The van der Waals surface area contributed by atoms with Crippen LogP contribution in [-0.2, 0) is 4.74 Å². The van der Waals surface area contributed by atoms with Crippen LogP contribution in [0.25, 0.3) is 0 Å². The Bertz CT molecular complexity index is 172. The monoisotopic (exact) mass is 227 g/mol. The van der Waals surface area contributed by atoms with E-state index >= 15 is 0 Å². The van der Waals surface area contributed by atoms with Gasteiger partial charge in [-0.25, -0.2) is 0 Å². The van der Waals surface area contributed by atoms with Crippen molar-refractivity contribution in [2.75, 3.05) is 13.7 Å². The molecular weight excluding hydrogens is 198 g/mol. The number of nitrogens with one attached hydrogen (secondary N) is 1. The fourth-order valence-corrected chi connectivity index (χ4v) is 2.69. The van der Waals surface area contributed by atoms with Crippen molar-refractivity contribution in [3.05, 3.63) is 0 Å². The molecule has 1 unspecified atom stereocenters. The fourth-order valence-electron chi connectivity index (χ4n) is 2.69. The van der Waals surface area contributed by atoms with Gasteiger partial charge in [0.25, 0.3) is 0 Å². The van der Waals surface area contributed by atoms with E-state index in [1.54, 1.807) is 0 Å². The lowest BCUT2D eigenvalue weighted by Gasteiger charge is -2.47. The van der Waals surface area contributed by atoms with Crippen LogP contribution in [0, 0.1) is 0 Å². The highest BCUT2D eigenvalue weighted by atomic mass is 16.5. The van der Waals surface area contributed by atoms with E-state index in [2.05, 4.69) is 19.2 Å². The quantitative estimate of drug-likeness (QED) is 0.609. The molecule has 0 aromatic heterocycles. The molecule has 0 saturated heterocycles. The smallest absolute Gasteiger partial charge is 0.0831 e. The minimum atomic E-state index is 0.170. The summed E-state index contributed by atoms with van der Waals surface area (Å²) in [6, 6.07) is 0.581. The van der Waals surface area contributed by atoms with Crippen LogP contribution < -0.4 is 5.32 Å². The molecule has 0 heterocycles. The summed E-state index contributed by atoms with van der Waals surface area (Å²) in [7, 11) is 1.89. The summed E-state index contributed by atoms with van der Waals surface area (Å²) in [6.45, 7) is 5.63. The SMILES string of the molecule is CCCCCC(NCCC)C1(OC)CCC1. The molecule has 0 aromatic rings. The third-order valence-corrected chi connectivity index (χ3v) is 3.98. The Morgan fingerprint density at radius 1 is 1.19 bits per heavy atom. The first kappa shape index (κ1) is 14.0. The Kier molecular flexibility index (Phi) is 6.37. The van der Waals surface area contributed by atoms with E-state index in [1.165, 1.54) is 51.4 Å². The molecule has 1 aliphatic rings. The Labute approximate surface area is 101 Å². The number of unbranched alkanes of at least 4 members (excludes halogenated alkanes) is 2. The van der Waals surface area contributed by atoms with E-state index in [0.29, 0.717) is 6.04 Å². The van der Waals surface area contributed by atoms with Crippen molar-refractivity contribution in [2.45, 2.75) is 76.9 Å². The first-order valence-corrected chi connectivity index (χ1v) is 7.07. The summed E-state index contributed by atoms with van der Waals surface area (Å²) in [6.07, 6.45) is 10.3. The van der Waals surface area contributed by atoms with E-state index in [-0.39, 0.29) is 5.60 Å². The van der Waals surface area contributed by atoms with Gasteiger partial charge in [-0.1, -0.05) is 33.1 Å². The van der Waals surface area contributed by atoms with Crippen molar-refractivity contribution in [3.8, 4) is 0 Å². The second kappa shape index (κ2) is 7.29. The van der Waals surface area contributed by atoms with E-state index < -0.39 is 0 Å². The molecule has 0 aromatic carbocycles. The van der Waals surface area contributed by atoms with E-state index in [0.717, 1.165) is 6.54 Å². The molecule has 0 bridgehead atoms. The fraction of sp³-hybridized carbons (Fsp3) is 1.00. The molecule has 0 spiro atoms. The molecule has 1 fully saturated rings. The average Bonchev–Trinajstić information content (AvgIpc) is 2.24. The molecule has 1 aliphatic carbocycles. The second-order valence-electron chi connectivity index (χ2n) is 5.12. The molecule has 16 heavy (non-hydrogen) atoms. The Morgan fingerprint density at radius 3 is 2.38 bits per heavy atom. The maximum Gasteiger partial charge on any atom is 0.0831 e. The van der Waals surface area contributed by atoms with Gasteiger partial charge in [-0.15, -0.1) is 0 Å². The van der Waals surface area contributed by atoms with E-state index in [9.17, 15) is 0 Å². The van der Waals surface area contributed by atoms with Crippen molar-refractivity contribution in [3.63, 3.8) is 0 Å². The predicted molar refractivity (Wildman–Crippen MR) is 69.8 cm³/mol. The van der Waals surface area contributed by atoms with Gasteiger partial charge in [0.15, 0.2) is 0 Å². The minimum Gasteiger partial charge on any atom is -0.377 e. The van der Waals surface area contributed by atoms with Gasteiger partial charge in [0.1, 0.15) is 0 Å². The predicted octanol–water partition coefficient (Wildman–Crippen LogP) is 3.50. The highest BCUT2D eigenvalue weighted by Crippen LogP contribution is 2.39. The summed E-state index contributed by atoms with van der Waals surface area (Å²) < 4.78 is 5.80. The number of ether oxygens (including phenoxy) is 1. The third-order valence-electron chi connectivity index (χ3n) is 3.98. The number of hydrogen-bond acceptors (Lipinski definition) is 2. The first-order chi connectivity index (χ1) is 7.79. The van der Waals surface area contributed by atoms with Crippen LogP contribution in [-0.4, -0.2) is 25.3 Å². The van der Waals surface area contributed by atoms with Crippen LogP contribution in [0.3, 0.4) is 0 Å². The topological polar surface area (TPSA) is 21.3 Å². The van der Waals surface area contributed by atoms with Crippen LogP contribution in [0.4, 0.5) is 0 Å². The average molecular weight is 227 g/mol. The van der Waals surface area contributed by atoms with Crippen LogP contribution in [0.2, 0.25) is 0 Å². The van der Waals surface area contributed by atoms with Crippen LogP contribution in [0.15, 0.2) is 0 Å². The van der Waals surface area contributed by atoms with E-state index in [4.69, 9.17) is 4.74 Å². The van der Waals surface area contributed by atoms with Gasteiger partial charge in [-0.3, -0.25) is 0 Å². The van der Waals surface area contributed by atoms with Crippen LogP contribution >= 0.6 is 0 Å². The Morgan fingerprint density at radius 2 is 1.94 bits per heavy atom. The summed E-state index contributed by atoms with van der Waals surface area (Å²) in [5, 5.41) is 3.70. The Balaban J connectivity index is 2.41. The molecule has 0 aliphatic heterocycles. The maximum absolute atomic E-state index is 5.80. The molecule has 2 heteroatoms. The highest BCUT2D eigenvalue weighted by molar-refractivity contribution is 4.99. The molecule has 0 amide bonds. The molecule has 1 atom stereocenters. The number of methoxy groups -OCH3 is 1. The van der Waals surface area contributed by atoms with Gasteiger partial charge in [0.05, 0.1) is 5.60 Å². The number of rotatable bonds is 9. The van der Waals surface area contributed by atoms with Gasteiger partial charge < -0.3 is 10.1 Å². The standard InChI is InChI=1S/C14H29NO/c1-4-6-7-9-13(15-12-5-2)14(16-3)10-8-11-14/h13,15H,4-12H2,1-3H3. The van der Waals surface area contributed by atoms with E-state index in [1.807, 2.05) is 7.11 Å². The number of hydrogen-bond donors (Lipinski definition) is 1. The zero-order valence-corrected chi connectivity index (χ0v) is 11.3. The molecular formula is C14H29NO. The zero-order chi connectivity index (χ0) is 11.9. The van der Waals surface area contributed by atoms with Crippen molar-refractivity contribution in [1.82, 2.24) is 5.32 Å².